The van der Waals surface area contributed by atoms with Crippen LogP contribution in [-0.4, -0.2) is 23.8 Å². The SMILES string of the molecule is CCCNCC(C)(O)CCc1ccsc1. The van der Waals surface area contributed by atoms with Crippen molar-refractivity contribution >= 4 is 11.3 Å². The second-order valence-corrected chi connectivity index (χ2v) is 5.09. The Hall–Kier alpha value is -0.380. The molecule has 1 aromatic rings. The lowest BCUT2D eigenvalue weighted by molar-refractivity contribution is 0.0514. The third kappa shape index (κ3) is 5.30. The monoisotopic (exact) mass is 227 g/mol. The molecule has 0 bridgehead atoms. The van der Waals surface area contributed by atoms with Crippen molar-refractivity contribution in [2.75, 3.05) is 13.1 Å². The van der Waals surface area contributed by atoms with Gasteiger partial charge in [0.05, 0.1) is 5.60 Å². The Morgan fingerprint density at radius 1 is 1.53 bits per heavy atom. The first-order valence-electron chi connectivity index (χ1n) is 5.58. The summed E-state index contributed by atoms with van der Waals surface area (Å²) in [7, 11) is 0. The van der Waals surface area contributed by atoms with E-state index >= 15 is 0 Å². The summed E-state index contributed by atoms with van der Waals surface area (Å²) < 4.78 is 0. The zero-order valence-electron chi connectivity index (χ0n) is 9.62. The second-order valence-electron chi connectivity index (χ2n) is 4.31. The largest absolute Gasteiger partial charge is 0.389 e. The predicted molar refractivity (Wildman–Crippen MR) is 66.4 cm³/mol. The van der Waals surface area contributed by atoms with Crippen LogP contribution in [0.4, 0.5) is 0 Å². The molecule has 86 valence electrons. The van der Waals surface area contributed by atoms with Crippen LogP contribution in [0.15, 0.2) is 16.8 Å². The Bertz CT molecular complexity index is 257. The van der Waals surface area contributed by atoms with Gasteiger partial charge in [0.25, 0.3) is 0 Å². The lowest BCUT2D eigenvalue weighted by Gasteiger charge is -2.23. The molecule has 1 atom stereocenters. The number of hydrogen-bond acceptors (Lipinski definition) is 3. The summed E-state index contributed by atoms with van der Waals surface area (Å²) in [6.07, 6.45) is 2.89. The smallest absolute Gasteiger partial charge is 0.0746 e. The highest BCUT2D eigenvalue weighted by Crippen LogP contribution is 2.15. The number of aryl methyl sites for hydroxylation is 1. The van der Waals surface area contributed by atoms with Crippen molar-refractivity contribution in [3.05, 3.63) is 22.4 Å². The summed E-state index contributed by atoms with van der Waals surface area (Å²) in [6, 6.07) is 2.13. The number of aliphatic hydroxyl groups is 1. The molecule has 1 heterocycles. The fraction of sp³-hybridized carbons (Fsp3) is 0.667. The van der Waals surface area contributed by atoms with Gasteiger partial charge in [0.15, 0.2) is 0 Å². The molecule has 0 amide bonds. The highest BCUT2D eigenvalue weighted by molar-refractivity contribution is 7.07. The summed E-state index contributed by atoms with van der Waals surface area (Å²) in [6.45, 7) is 5.70. The summed E-state index contributed by atoms with van der Waals surface area (Å²) in [5.41, 5.74) is 0.743. The Labute approximate surface area is 96.3 Å². The fourth-order valence-corrected chi connectivity index (χ4v) is 2.17. The average Bonchev–Trinajstić information content (AvgIpc) is 2.68. The maximum Gasteiger partial charge on any atom is 0.0746 e. The normalized spacial score (nSPS) is 15.1. The topological polar surface area (TPSA) is 32.3 Å². The molecule has 1 rings (SSSR count). The highest BCUT2D eigenvalue weighted by atomic mass is 32.1. The first kappa shape index (κ1) is 12.7. The second kappa shape index (κ2) is 6.26. The van der Waals surface area contributed by atoms with Crippen molar-refractivity contribution in [2.45, 2.75) is 38.7 Å². The van der Waals surface area contributed by atoms with Crippen LogP contribution in [-0.2, 0) is 6.42 Å². The Kier molecular flexibility index (Phi) is 5.29. The molecule has 0 aliphatic rings. The van der Waals surface area contributed by atoms with E-state index in [1.165, 1.54) is 5.56 Å². The molecule has 0 aliphatic heterocycles. The van der Waals surface area contributed by atoms with Gasteiger partial charge in [-0.05, 0) is 55.1 Å². The van der Waals surface area contributed by atoms with Crippen molar-refractivity contribution in [1.29, 1.82) is 0 Å². The third-order valence-corrected chi connectivity index (χ3v) is 3.20. The van der Waals surface area contributed by atoms with Gasteiger partial charge in [0.1, 0.15) is 0 Å². The first-order valence-corrected chi connectivity index (χ1v) is 6.52. The van der Waals surface area contributed by atoms with Gasteiger partial charge in [-0.3, -0.25) is 0 Å². The van der Waals surface area contributed by atoms with Gasteiger partial charge in [-0.15, -0.1) is 0 Å². The standard InChI is InChI=1S/C12H21NOS/c1-3-7-13-10-12(2,14)6-4-11-5-8-15-9-11/h5,8-9,13-14H,3-4,6-7,10H2,1-2H3. The van der Waals surface area contributed by atoms with Crippen molar-refractivity contribution in [1.82, 2.24) is 5.32 Å². The van der Waals surface area contributed by atoms with Gasteiger partial charge in [-0.1, -0.05) is 6.92 Å². The van der Waals surface area contributed by atoms with Crippen LogP contribution < -0.4 is 5.32 Å². The Morgan fingerprint density at radius 3 is 2.93 bits per heavy atom. The van der Waals surface area contributed by atoms with E-state index in [9.17, 15) is 5.11 Å². The van der Waals surface area contributed by atoms with E-state index in [2.05, 4.69) is 29.1 Å². The quantitative estimate of drug-likeness (QED) is 0.701. The minimum Gasteiger partial charge on any atom is -0.389 e. The number of hydrogen-bond donors (Lipinski definition) is 2. The molecule has 0 saturated heterocycles. The van der Waals surface area contributed by atoms with E-state index in [4.69, 9.17) is 0 Å². The average molecular weight is 227 g/mol. The molecule has 0 aliphatic carbocycles. The van der Waals surface area contributed by atoms with E-state index in [0.717, 1.165) is 25.8 Å². The first-order chi connectivity index (χ1) is 7.14. The zero-order chi connectivity index (χ0) is 11.1. The Morgan fingerprint density at radius 2 is 2.33 bits per heavy atom. The fourth-order valence-electron chi connectivity index (χ4n) is 1.47. The molecule has 1 unspecified atom stereocenters. The van der Waals surface area contributed by atoms with Crippen LogP contribution in [0.3, 0.4) is 0 Å². The van der Waals surface area contributed by atoms with Crippen LogP contribution >= 0.6 is 11.3 Å². The molecule has 2 N–H and O–H groups in total. The molecular formula is C12H21NOS. The minimum atomic E-state index is -0.586. The molecule has 2 nitrogen and oxygen atoms in total. The summed E-state index contributed by atoms with van der Waals surface area (Å²) in [4.78, 5) is 0. The van der Waals surface area contributed by atoms with Crippen LogP contribution in [0, 0.1) is 0 Å². The van der Waals surface area contributed by atoms with Gasteiger partial charge in [-0.25, -0.2) is 0 Å². The van der Waals surface area contributed by atoms with Gasteiger partial charge >= 0.3 is 0 Å². The van der Waals surface area contributed by atoms with Gasteiger partial charge in [0, 0.05) is 6.54 Å². The number of rotatable bonds is 7. The molecule has 0 spiro atoms. The summed E-state index contributed by atoms with van der Waals surface area (Å²) in [5.74, 6) is 0. The Balaban J connectivity index is 2.23. The van der Waals surface area contributed by atoms with Crippen molar-refractivity contribution in [2.24, 2.45) is 0 Å². The molecule has 0 radical (unpaired) electrons. The van der Waals surface area contributed by atoms with E-state index in [1.54, 1.807) is 11.3 Å². The molecule has 0 saturated carbocycles. The molecule has 15 heavy (non-hydrogen) atoms. The molecule has 0 aromatic carbocycles. The zero-order valence-corrected chi connectivity index (χ0v) is 10.4. The van der Waals surface area contributed by atoms with Crippen molar-refractivity contribution < 1.29 is 5.11 Å². The third-order valence-electron chi connectivity index (χ3n) is 2.46. The maximum absolute atomic E-state index is 10.1. The van der Waals surface area contributed by atoms with Crippen molar-refractivity contribution in [3.63, 3.8) is 0 Å². The van der Waals surface area contributed by atoms with Crippen molar-refractivity contribution in [3.8, 4) is 0 Å². The van der Waals surface area contributed by atoms with Crippen LogP contribution in [0.25, 0.3) is 0 Å². The number of thiophene rings is 1. The number of nitrogens with one attached hydrogen (secondary N) is 1. The van der Waals surface area contributed by atoms with E-state index in [0.29, 0.717) is 6.54 Å². The minimum absolute atomic E-state index is 0.586. The van der Waals surface area contributed by atoms with E-state index in [1.807, 2.05) is 6.92 Å². The lowest BCUT2D eigenvalue weighted by atomic mass is 9.98. The lowest BCUT2D eigenvalue weighted by Crippen LogP contribution is -2.38. The van der Waals surface area contributed by atoms with Gasteiger partial charge < -0.3 is 10.4 Å². The van der Waals surface area contributed by atoms with Gasteiger partial charge in [-0.2, -0.15) is 11.3 Å². The van der Waals surface area contributed by atoms with Crippen LogP contribution in [0.1, 0.15) is 32.3 Å². The molecular weight excluding hydrogens is 206 g/mol. The molecule has 0 fully saturated rings. The van der Waals surface area contributed by atoms with E-state index < -0.39 is 5.60 Å². The predicted octanol–water partition coefficient (Wildman–Crippen LogP) is 2.43. The van der Waals surface area contributed by atoms with Gasteiger partial charge in [0.2, 0.25) is 0 Å². The molecule has 1 aromatic heterocycles. The van der Waals surface area contributed by atoms with Crippen LogP contribution in [0.2, 0.25) is 0 Å². The summed E-state index contributed by atoms with van der Waals surface area (Å²) in [5, 5.41) is 17.6. The van der Waals surface area contributed by atoms with E-state index in [-0.39, 0.29) is 0 Å². The van der Waals surface area contributed by atoms with Crippen LogP contribution in [0.5, 0.6) is 0 Å². The molecule has 3 heteroatoms. The highest BCUT2D eigenvalue weighted by Gasteiger charge is 2.19. The summed E-state index contributed by atoms with van der Waals surface area (Å²) >= 11 is 1.71. The maximum atomic E-state index is 10.1.